The van der Waals surface area contributed by atoms with Crippen molar-refractivity contribution in [3.63, 3.8) is 0 Å². The Morgan fingerprint density at radius 3 is 2.95 bits per heavy atom. The first-order valence-electron chi connectivity index (χ1n) is 7.00. The fourth-order valence-electron chi connectivity index (χ4n) is 2.92. The number of fused-ring (bicyclic) bond motifs is 1. The van der Waals surface area contributed by atoms with E-state index < -0.39 is 11.7 Å². The second-order valence-corrected chi connectivity index (χ2v) is 5.51. The van der Waals surface area contributed by atoms with E-state index in [0.29, 0.717) is 18.7 Å². The SMILES string of the molecule is CCn1c(=O)oc2cc(C(O)C3(C)CCCO3)ccc21. The van der Waals surface area contributed by atoms with Crippen molar-refractivity contribution in [2.45, 2.75) is 44.9 Å². The number of aliphatic hydroxyl groups is 1. The van der Waals surface area contributed by atoms with Crippen molar-refractivity contribution < 1.29 is 14.3 Å². The molecule has 20 heavy (non-hydrogen) atoms. The van der Waals surface area contributed by atoms with Gasteiger partial charge in [0.05, 0.1) is 11.1 Å². The van der Waals surface area contributed by atoms with Gasteiger partial charge in [-0.15, -0.1) is 0 Å². The average molecular weight is 277 g/mol. The molecule has 5 nitrogen and oxygen atoms in total. The Bertz CT molecular complexity index is 679. The van der Waals surface area contributed by atoms with Gasteiger partial charge in [-0.05, 0) is 44.4 Å². The van der Waals surface area contributed by atoms with Crippen LogP contribution in [0.15, 0.2) is 27.4 Å². The minimum Gasteiger partial charge on any atom is -0.408 e. The Hall–Kier alpha value is -1.59. The Morgan fingerprint density at radius 2 is 2.30 bits per heavy atom. The van der Waals surface area contributed by atoms with Crippen molar-refractivity contribution in [3.8, 4) is 0 Å². The highest BCUT2D eigenvalue weighted by Crippen LogP contribution is 2.37. The summed E-state index contributed by atoms with van der Waals surface area (Å²) in [7, 11) is 0. The van der Waals surface area contributed by atoms with E-state index in [1.54, 1.807) is 10.6 Å². The van der Waals surface area contributed by atoms with Crippen LogP contribution in [0, 0.1) is 0 Å². The number of hydrogen-bond acceptors (Lipinski definition) is 4. The third-order valence-electron chi connectivity index (χ3n) is 4.15. The molecule has 2 unspecified atom stereocenters. The van der Waals surface area contributed by atoms with Gasteiger partial charge in [-0.25, -0.2) is 4.79 Å². The smallest absolute Gasteiger partial charge is 0.408 e. The lowest BCUT2D eigenvalue weighted by atomic mass is 9.90. The van der Waals surface area contributed by atoms with Gasteiger partial charge in [0.1, 0.15) is 6.10 Å². The summed E-state index contributed by atoms with van der Waals surface area (Å²) in [5.41, 5.74) is 1.43. The fraction of sp³-hybridized carbons (Fsp3) is 0.533. The lowest BCUT2D eigenvalue weighted by molar-refractivity contribution is -0.0795. The van der Waals surface area contributed by atoms with Crippen LogP contribution in [0.5, 0.6) is 0 Å². The number of aryl methyl sites for hydroxylation is 1. The monoisotopic (exact) mass is 277 g/mol. The topological polar surface area (TPSA) is 64.6 Å². The van der Waals surface area contributed by atoms with Crippen molar-refractivity contribution in [1.82, 2.24) is 4.57 Å². The van der Waals surface area contributed by atoms with Gasteiger partial charge >= 0.3 is 5.76 Å². The summed E-state index contributed by atoms with van der Waals surface area (Å²) in [4.78, 5) is 11.7. The summed E-state index contributed by atoms with van der Waals surface area (Å²) in [6, 6.07) is 5.39. The summed E-state index contributed by atoms with van der Waals surface area (Å²) in [6.45, 7) is 5.06. The van der Waals surface area contributed by atoms with Crippen LogP contribution in [0.2, 0.25) is 0 Å². The van der Waals surface area contributed by atoms with Crippen LogP contribution in [0.1, 0.15) is 38.4 Å². The minimum atomic E-state index is -0.718. The van der Waals surface area contributed by atoms with E-state index in [1.807, 2.05) is 26.0 Å². The summed E-state index contributed by atoms with van der Waals surface area (Å²) in [6.07, 6.45) is 1.06. The van der Waals surface area contributed by atoms with E-state index >= 15 is 0 Å². The van der Waals surface area contributed by atoms with E-state index in [2.05, 4.69) is 0 Å². The van der Waals surface area contributed by atoms with E-state index in [-0.39, 0.29) is 5.76 Å². The Labute approximate surface area is 116 Å². The van der Waals surface area contributed by atoms with Crippen molar-refractivity contribution in [2.24, 2.45) is 0 Å². The summed E-state index contributed by atoms with van der Waals surface area (Å²) in [5.74, 6) is -0.363. The predicted molar refractivity (Wildman–Crippen MR) is 74.7 cm³/mol. The standard InChI is InChI=1S/C15H19NO4/c1-3-16-11-6-5-10(9-12(11)20-14(16)18)13(17)15(2)7-4-8-19-15/h5-6,9,13,17H,3-4,7-8H2,1-2H3. The van der Waals surface area contributed by atoms with E-state index in [1.165, 1.54) is 0 Å². The van der Waals surface area contributed by atoms with E-state index in [9.17, 15) is 9.90 Å². The zero-order valence-corrected chi connectivity index (χ0v) is 11.8. The lowest BCUT2D eigenvalue weighted by Gasteiger charge is -2.29. The number of oxazole rings is 1. The highest BCUT2D eigenvalue weighted by molar-refractivity contribution is 5.74. The molecule has 2 atom stereocenters. The minimum absolute atomic E-state index is 0.363. The van der Waals surface area contributed by atoms with Crippen LogP contribution in [-0.2, 0) is 11.3 Å². The number of hydrogen-bond donors (Lipinski definition) is 1. The molecule has 108 valence electrons. The van der Waals surface area contributed by atoms with Crippen LogP contribution in [-0.4, -0.2) is 21.9 Å². The van der Waals surface area contributed by atoms with Gasteiger partial charge in [0.2, 0.25) is 0 Å². The van der Waals surface area contributed by atoms with Crippen LogP contribution in [0.3, 0.4) is 0 Å². The molecule has 0 spiro atoms. The van der Waals surface area contributed by atoms with E-state index in [0.717, 1.165) is 23.9 Å². The molecule has 1 saturated heterocycles. The molecule has 2 heterocycles. The first-order valence-corrected chi connectivity index (χ1v) is 7.00. The molecular weight excluding hydrogens is 258 g/mol. The average Bonchev–Trinajstić information content (AvgIpc) is 3.00. The van der Waals surface area contributed by atoms with Crippen molar-refractivity contribution in [2.75, 3.05) is 6.61 Å². The molecule has 3 rings (SSSR count). The fourth-order valence-corrected chi connectivity index (χ4v) is 2.92. The predicted octanol–water partition coefficient (Wildman–Crippen LogP) is 2.22. The van der Waals surface area contributed by atoms with Gasteiger partial charge < -0.3 is 14.3 Å². The van der Waals surface area contributed by atoms with Crippen molar-refractivity contribution in [3.05, 3.63) is 34.3 Å². The maximum atomic E-state index is 11.7. The number of rotatable bonds is 3. The van der Waals surface area contributed by atoms with Gasteiger partial charge in [0.15, 0.2) is 5.58 Å². The van der Waals surface area contributed by atoms with Crippen LogP contribution in [0.4, 0.5) is 0 Å². The normalized spacial score (nSPS) is 24.4. The first kappa shape index (κ1) is 13.4. The molecule has 1 aliphatic heterocycles. The molecule has 0 aliphatic carbocycles. The van der Waals surface area contributed by atoms with Crippen molar-refractivity contribution >= 4 is 11.1 Å². The Balaban J connectivity index is 2.03. The number of aliphatic hydroxyl groups excluding tert-OH is 1. The zero-order chi connectivity index (χ0) is 14.3. The Kier molecular flexibility index (Phi) is 3.18. The zero-order valence-electron chi connectivity index (χ0n) is 11.8. The van der Waals surface area contributed by atoms with Gasteiger partial charge in [0, 0.05) is 13.2 Å². The maximum Gasteiger partial charge on any atom is 0.419 e. The lowest BCUT2D eigenvalue weighted by Crippen LogP contribution is -2.31. The molecule has 2 aromatic rings. The molecule has 0 amide bonds. The number of ether oxygens (including phenoxy) is 1. The third kappa shape index (κ3) is 1.98. The molecule has 1 aromatic carbocycles. The van der Waals surface area contributed by atoms with Crippen molar-refractivity contribution in [1.29, 1.82) is 0 Å². The number of aromatic nitrogens is 1. The third-order valence-corrected chi connectivity index (χ3v) is 4.15. The maximum absolute atomic E-state index is 11.7. The number of nitrogens with zero attached hydrogens (tertiary/aromatic N) is 1. The van der Waals surface area contributed by atoms with Gasteiger partial charge in [-0.1, -0.05) is 6.07 Å². The molecular formula is C15H19NO4. The first-order chi connectivity index (χ1) is 9.55. The van der Waals surface area contributed by atoms with Crippen LogP contribution >= 0.6 is 0 Å². The molecule has 1 fully saturated rings. The second kappa shape index (κ2) is 4.75. The van der Waals surface area contributed by atoms with Gasteiger partial charge in [-0.2, -0.15) is 0 Å². The second-order valence-electron chi connectivity index (χ2n) is 5.51. The molecule has 1 aliphatic rings. The summed E-state index contributed by atoms with van der Waals surface area (Å²) in [5, 5.41) is 10.5. The van der Waals surface area contributed by atoms with Gasteiger partial charge in [-0.3, -0.25) is 4.57 Å². The van der Waals surface area contributed by atoms with E-state index in [4.69, 9.17) is 9.15 Å². The van der Waals surface area contributed by atoms with Crippen LogP contribution < -0.4 is 5.76 Å². The highest BCUT2D eigenvalue weighted by atomic mass is 16.5. The molecule has 1 aromatic heterocycles. The number of benzene rings is 1. The molecule has 0 saturated carbocycles. The quantitative estimate of drug-likeness (QED) is 0.934. The van der Waals surface area contributed by atoms with Crippen LogP contribution in [0.25, 0.3) is 11.1 Å². The van der Waals surface area contributed by atoms with Gasteiger partial charge in [0.25, 0.3) is 0 Å². The molecule has 0 radical (unpaired) electrons. The molecule has 0 bridgehead atoms. The molecule has 1 N–H and O–H groups in total. The summed E-state index contributed by atoms with van der Waals surface area (Å²) >= 11 is 0. The Morgan fingerprint density at radius 1 is 1.50 bits per heavy atom. The largest absolute Gasteiger partial charge is 0.419 e. The summed E-state index contributed by atoms with van der Waals surface area (Å²) < 4.78 is 12.5. The highest BCUT2D eigenvalue weighted by Gasteiger charge is 2.38. The molecule has 5 heteroatoms.